The molecule has 5 heteroatoms. The van der Waals surface area contributed by atoms with Gasteiger partial charge < -0.3 is 15.4 Å². The summed E-state index contributed by atoms with van der Waals surface area (Å²) < 4.78 is 0. The molecule has 0 saturated carbocycles. The van der Waals surface area contributed by atoms with Gasteiger partial charge in [0.15, 0.2) is 0 Å². The largest absolute Gasteiger partial charge is 0.481 e. The van der Waals surface area contributed by atoms with Crippen molar-refractivity contribution in [3.63, 3.8) is 0 Å². The second-order valence-corrected chi connectivity index (χ2v) is 3.39. The van der Waals surface area contributed by atoms with Crippen molar-refractivity contribution in [1.29, 1.82) is 0 Å². The Morgan fingerprint density at radius 1 is 1.31 bits per heavy atom. The van der Waals surface area contributed by atoms with E-state index in [9.17, 15) is 9.59 Å². The Hall–Kier alpha value is -2.30. The maximum Gasteiger partial charge on any atom is 0.312 e. The monoisotopic (exact) mass is 218 g/mol. The fraction of sp³-hybridized carbons (Fsp3) is 0.0909. The molecule has 1 amide bonds. The maximum absolute atomic E-state index is 11.2. The number of carboxylic acid groups (broad SMARTS) is 1. The molecular formula is C11H10N2O3. The molecule has 0 fully saturated rings. The zero-order valence-electron chi connectivity index (χ0n) is 8.36. The van der Waals surface area contributed by atoms with Crippen LogP contribution in [0.25, 0.3) is 10.9 Å². The number of aliphatic carboxylic acids is 1. The van der Waals surface area contributed by atoms with Crippen LogP contribution in [-0.4, -0.2) is 22.0 Å². The third kappa shape index (κ3) is 2.20. The number of carbonyl (C=O) groups is 2. The zero-order chi connectivity index (χ0) is 11.5. The Kier molecular flexibility index (Phi) is 2.59. The van der Waals surface area contributed by atoms with Gasteiger partial charge in [-0.2, -0.15) is 0 Å². The van der Waals surface area contributed by atoms with Crippen molar-refractivity contribution in [2.45, 2.75) is 6.42 Å². The zero-order valence-corrected chi connectivity index (χ0v) is 8.36. The van der Waals surface area contributed by atoms with Crippen molar-refractivity contribution < 1.29 is 14.7 Å². The molecule has 2 rings (SSSR count). The number of H-pyrrole nitrogens is 1. The van der Waals surface area contributed by atoms with Gasteiger partial charge in [0.25, 0.3) is 0 Å². The van der Waals surface area contributed by atoms with Crippen molar-refractivity contribution in [3.8, 4) is 0 Å². The molecule has 82 valence electrons. The van der Waals surface area contributed by atoms with E-state index in [0.717, 1.165) is 10.9 Å². The SMILES string of the molecule is O=C(O)CC(=O)Nc1cc2ccccc2[nH]1. The Morgan fingerprint density at radius 2 is 2.06 bits per heavy atom. The fourth-order valence-corrected chi connectivity index (χ4v) is 1.47. The summed E-state index contributed by atoms with van der Waals surface area (Å²) in [6.07, 6.45) is -0.532. The molecule has 0 radical (unpaired) electrons. The average Bonchev–Trinajstić information content (AvgIpc) is 2.57. The van der Waals surface area contributed by atoms with Crippen LogP contribution in [0.15, 0.2) is 30.3 Å². The summed E-state index contributed by atoms with van der Waals surface area (Å²) in [6, 6.07) is 9.30. The van der Waals surface area contributed by atoms with E-state index in [1.165, 1.54) is 0 Å². The van der Waals surface area contributed by atoms with Gasteiger partial charge >= 0.3 is 5.97 Å². The van der Waals surface area contributed by atoms with E-state index in [2.05, 4.69) is 10.3 Å². The van der Waals surface area contributed by atoms with Crippen molar-refractivity contribution in [2.75, 3.05) is 5.32 Å². The first kappa shape index (κ1) is 10.2. The number of carbonyl (C=O) groups excluding carboxylic acids is 1. The second kappa shape index (κ2) is 4.06. The van der Waals surface area contributed by atoms with Crippen molar-refractivity contribution >= 4 is 28.6 Å². The molecule has 0 unspecified atom stereocenters. The summed E-state index contributed by atoms with van der Waals surface area (Å²) in [5.41, 5.74) is 0.896. The highest BCUT2D eigenvalue weighted by Crippen LogP contribution is 2.17. The summed E-state index contributed by atoms with van der Waals surface area (Å²) in [5.74, 6) is -1.18. The van der Waals surface area contributed by atoms with Gasteiger partial charge in [-0.15, -0.1) is 0 Å². The first-order chi connectivity index (χ1) is 7.65. The van der Waals surface area contributed by atoms with Crippen LogP contribution >= 0.6 is 0 Å². The number of rotatable bonds is 3. The summed E-state index contributed by atoms with van der Waals surface area (Å²) in [7, 11) is 0. The maximum atomic E-state index is 11.2. The van der Waals surface area contributed by atoms with Crippen molar-refractivity contribution in [2.24, 2.45) is 0 Å². The van der Waals surface area contributed by atoms with Crippen LogP contribution in [-0.2, 0) is 9.59 Å². The number of aromatic nitrogens is 1. The number of benzene rings is 1. The normalized spacial score (nSPS) is 10.2. The molecule has 0 spiro atoms. The molecule has 5 nitrogen and oxygen atoms in total. The van der Waals surface area contributed by atoms with E-state index >= 15 is 0 Å². The molecule has 1 aromatic heterocycles. The first-order valence-electron chi connectivity index (χ1n) is 4.74. The van der Waals surface area contributed by atoms with Crippen LogP contribution in [0.3, 0.4) is 0 Å². The molecular weight excluding hydrogens is 208 g/mol. The molecule has 0 aliphatic heterocycles. The number of fused-ring (bicyclic) bond motifs is 1. The molecule has 16 heavy (non-hydrogen) atoms. The first-order valence-corrected chi connectivity index (χ1v) is 4.74. The number of anilines is 1. The highest BCUT2D eigenvalue weighted by Gasteiger charge is 2.08. The molecule has 0 bridgehead atoms. The standard InChI is InChI=1S/C11H10N2O3/c14-10(6-11(15)16)13-9-5-7-3-1-2-4-8(7)12-9/h1-5,12H,6H2,(H,13,14)(H,15,16). The molecule has 3 N–H and O–H groups in total. The summed E-state index contributed by atoms with van der Waals surface area (Å²) in [5, 5.41) is 11.9. The van der Waals surface area contributed by atoms with E-state index in [1.807, 2.05) is 24.3 Å². The number of hydrogen-bond acceptors (Lipinski definition) is 2. The van der Waals surface area contributed by atoms with Gasteiger partial charge in [-0.1, -0.05) is 18.2 Å². The van der Waals surface area contributed by atoms with Crippen LogP contribution in [0, 0.1) is 0 Å². The van der Waals surface area contributed by atoms with Crippen LogP contribution < -0.4 is 5.32 Å². The van der Waals surface area contributed by atoms with Crippen LogP contribution in [0.2, 0.25) is 0 Å². The van der Waals surface area contributed by atoms with Gasteiger partial charge in [-0.05, 0) is 12.1 Å². The van der Waals surface area contributed by atoms with Gasteiger partial charge in [0.1, 0.15) is 12.2 Å². The summed E-state index contributed by atoms with van der Waals surface area (Å²) in [6.45, 7) is 0. The number of para-hydroxylation sites is 1. The lowest BCUT2D eigenvalue weighted by Crippen LogP contribution is -2.15. The highest BCUT2D eigenvalue weighted by molar-refractivity contribution is 6.02. The summed E-state index contributed by atoms with van der Waals surface area (Å²) >= 11 is 0. The Balaban J connectivity index is 2.15. The van der Waals surface area contributed by atoms with E-state index in [4.69, 9.17) is 5.11 Å². The molecule has 1 aromatic carbocycles. The fourth-order valence-electron chi connectivity index (χ4n) is 1.47. The van der Waals surface area contributed by atoms with Crippen LogP contribution in [0.1, 0.15) is 6.42 Å². The number of aromatic amines is 1. The third-order valence-electron chi connectivity index (χ3n) is 2.12. The second-order valence-electron chi connectivity index (χ2n) is 3.39. The predicted molar refractivity (Wildman–Crippen MR) is 59.2 cm³/mol. The molecule has 0 atom stereocenters. The number of nitrogens with one attached hydrogen (secondary N) is 2. The van der Waals surface area contributed by atoms with E-state index in [0.29, 0.717) is 5.82 Å². The smallest absolute Gasteiger partial charge is 0.312 e. The van der Waals surface area contributed by atoms with E-state index < -0.39 is 18.3 Å². The minimum Gasteiger partial charge on any atom is -0.481 e. The number of hydrogen-bond donors (Lipinski definition) is 3. The lowest BCUT2D eigenvalue weighted by Gasteiger charge is -1.98. The molecule has 0 aliphatic rings. The van der Waals surface area contributed by atoms with Crippen LogP contribution in [0.5, 0.6) is 0 Å². The average molecular weight is 218 g/mol. The Bertz CT molecular complexity index is 512. The van der Waals surface area contributed by atoms with Crippen LogP contribution in [0.4, 0.5) is 5.82 Å². The van der Waals surface area contributed by atoms with Gasteiger partial charge in [0, 0.05) is 10.9 Å². The predicted octanol–water partition coefficient (Wildman–Crippen LogP) is 1.58. The van der Waals surface area contributed by atoms with Crippen molar-refractivity contribution in [1.82, 2.24) is 4.98 Å². The quantitative estimate of drug-likeness (QED) is 0.684. The third-order valence-corrected chi connectivity index (χ3v) is 2.12. The molecule has 2 aromatic rings. The minimum absolute atomic E-state index is 0.507. The Morgan fingerprint density at radius 3 is 2.75 bits per heavy atom. The lowest BCUT2D eigenvalue weighted by atomic mass is 10.2. The van der Waals surface area contributed by atoms with Gasteiger partial charge in [0.2, 0.25) is 5.91 Å². The number of carboxylic acids is 1. The van der Waals surface area contributed by atoms with E-state index in [-0.39, 0.29) is 0 Å². The number of amides is 1. The molecule has 0 saturated heterocycles. The summed E-state index contributed by atoms with van der Waals surface area (Å²) in [4.78, 5) is 24.5. The molecule has 1 heterocycles. The lowest BCUT2D eigenvalue weighted by molar-refractivity contribution is -0.139. The Labute approximate surface area is 91.1 Å². The molecule has 0 aliphatic carbocycles. The topological polar surface area (TPSA) is 82.2 Å². The van der Waals surface area contributed by atoms with Crippen molar-refractivity contribution in [3.05, 3.63) is 30.3 Å². The van der Waals surface area contributed by atoms with Gasteiger partial charge in [0.05, 0.1) is 0 Å². The van der Waals surface area contributed by atoms with Gasteiger partial charge in [-0.25, -0.2) is 0 Å². The van der Waals surface area contributed by atoms with E-state index in [1.54, 1.807) is 6.07 Å². The minimum atomic E-state index is -1.14. The van der Waals surface area contributed by atoms with Gasteiger partial charge in [-0.3, -0.25) is 9.59 Å². The highest BCUT2D eigenvalue weighted by atomic mass is 16.4.